The molecule has 3 aromatic rings. The van der Waals surface area contributed by atoms with Gasteiger partial charge >= 0.3 is 0 Å². The predicted molar refractivity (Wildman–Crippen MR) is 102 cm³/mol. The number of benzene rings is 1. The third-order valence-electron chi connectivity index (χ3n) is 5.81. The van der Waals surface area contributed by atoms with E-state index in [4.69, 9.17) is 0 Å². The summed E-state index contributed by atoms with van der Waals surface area (Å²) in [5, 5.41) is 5.41. The molecule has 0 unspecified atom stereocenters. The second-order valence-corrected chi connectivity index (χ2v) is 7.65. The first-order valence-corrected chi connectivity index (χ1v) is 9.28. The monoisotopic (exact) mass is 370 g/mol. The molecule has 1 aliphatic heterocycles. The van der Waals surface area contributed by atoms with Crippen LogP contribution in [-0.2, 0) is 18.4 Å². The van der Waals surface area contributed by atoms with Gasteiger partial charge in [-0.2, -0.15) is 5.10 Å². The Kier molecular flexibility index (Phi) is 4.25. The summed E-state index contributed by atoms with van der Waals surface area (Å²) in [6.07, 6.45) is 1.75. The van der Waals surface area contributed by atoms with Crippen molar-refractivity contribution in [1.82, 2.24) is 19.2 Å². The number of rotatable bonds is 3. The highest BCUT2D eigenvalue weighted by Crippen LogP contribution is 2.25. The van der Waals surface area contributed by atoms with Gasteiger partial charge in [0.05, 0.1) is 22.6 Å². The maximum atomic E-state index is 13.9. The minimum Gasteiger partial charge on any atom is -0.342 e. The Morgan fingerprint density at radius 2 is 1.93 bits per heavy atom. The fourth-order valence-corrected chi connectivity index (χ4v) is 4.02. The maximum Gasteiger partial charge on any atom is 0.262 e. The molecule has 1 saturated heterocycles. The number of nitrogens with zero attached hydrogens (tertiary/aromatic N) is 4. The number of aromatic nitrogens is 3. The van der Waals surface area contributed by atoms with Gasteiger partial charge in [-0.3, -0.25) is 14.3 Å². The lowest BCUT2D eigenvalue weighted by molar-refractivity contribution is -0.130. The Bertz CT molecular complexity index is 1090. The molecule has 0 spiro atoms. The summed E-state index contributed by atoms with van der Waals surface area (Å²) in [6, 6.07) is 4.39. The molecule has 0 N–H and O–H groups in total. The van der Waals surface area contributed by atoms with E-state index in [9.17, 15) is 14.0 Å². The molecule has 1 aliphatic rings. The van der Waals surface area contributed by atoms with E-state index in [-0.39, 0.29) is 24.4 Å². The van der Waals surface area contributed by atoms with Gasteiger partial charge in [-0.1, -0.05) is 13.8 Å². The topological polar surface area (TPSA) is 60.1 Å². The SMILES string of the molecule is C[C@@H]1CN(C(=O)CCn2c(=O)c3cnn(C)c3c3ccc(F)cc32)C[C@H]1C. The normalized spacial score (nSPS) is 20.1. The Morgan fingerprint density at radius 1 is 1.22 bits per heavy atom. The van der Waals surface area contributed by atoms with Gasteiger partial charge in [0.25, 0.3) is 5.56 Å². The number of hydrogen-bond acceptors (Lipinski definition) is 3. The number of carbonyl (C=O) groups excluding carboxylic acids is 1. The van der Waals surface area contributed by atoms with Gasteiger partial charge in [0.1, 0.15) is 5.82 Å². The van der Waals surface area contributed by atoms with Gasteiger partial charge in [-0.05, 0) is 30.0 Å². The van der Waals surface area contributed by atoms with Gasteiger partial charge in [0, 0.05) is 38.5 Å². The second-order valence-electron chi connectivity index (χ2n) is 7.65. The average molecular weight is 370 g/mol. The van der Waals surface area contributed by atoms with E-state index in [1.165, 1.54) is 22.9 Å². The Morgan fingerprint density at radius 3 is 2.63 bits per heavy atom. The minimum atomic E-state index is -0.411. The fourth-order valence-electron chi connectivity index (χ4n) is 4.02. The molecule has 27 heavy (non-hydrogen) atoms. The lowest BCUT2D eigenvalue weighted by Gasteiger charge is -2.17. The van der Waals surface area contributed by atoms with E-state index in [1.807, 2.05) is 4.90 Å². The first kappa shape index (κ1) is 17.7. The zero-order valence-corrected chi connectivity index (χ0v) is 15.8. The summed E-state index contributed by atoms with van der Waals surface area (Å²) in [4.78, 5) is 27.4. The van der Waals surface area contributed by atoms with Gasteiger partial charge < -0.3 is 9.47 Å². The molecule has 1 amide bonds. The highest BCUT2D eigenvalue weighted by molar-refractivity contribution is 6.03. The Labute approximate surface area is 156 Å². The van der Waals surface area contributed by atoms with Crippen LogP contribution in [0.2, 0.25) is 0 Å². The first-order valence-electron chi connectivity index (χ1n) is 9.28. The third kappa shape index (κ3) is 2.91. The van der Waals surface area contributed by atoms with Crippen LogP contribution in [-0.4, -0.2) is 38.2 Å². The number of halogens is 1. The molecule has 0 radical (unpaired) electrons. The van der Waals surface area contributed by atoms with E-state index < -0.39 is 5.82 Å². The smallest absolute Gasteiger partial charge is 0.262 e. The quantitative estimate of drug-likeness (QED) is 0.712. The molecule has 4 rings (SSSR count). The minimum absolute atomic E-state index is 0.0361. The molecule has 1 fully saturated rings. The van der Waals surface area contributed by atoms with Crippen LogP contribution >= 0.6 is 0 Å². The van der Waals surface area contributed by atoms with Crippen molar-refractivity contribution >= 4 is 27.7 Å². The van der Waals surface area contributed by atoms with Crippen molar-refractivity contribution in [2.24, 2.45) is 18.9 Å². The molecule has 2 atom stereocenters. The highest BCUT2D eigenvalue weighted by atomic mass is 19.1. The van der Waals surface area contributed by atoms with Crippen molar-refractivity contribution in [3.8, 4) is 0 Å². The summed E-state index contributed by atoms with van der Waals surface area (Å²) in [7, 11) is 1.76. The van der Waals surface area contributed by atoms with Gasteiger partial charge in [-0.15, -0.1) is 0 Å². The molecular weight excluding hydrogens is 347 g/mol. The zero-order valence-electron chi connectivity index (χ0n) is 15.8. The number of amides is 1. The van der Waals surface area contributed by atoms with Crippen LogP contribution in [0.25, 0.3) is 21.8 Å². The zero-order chi connectivity index (χ0) is 19.3. The number of aryl methyl sites for hydroxylation is 2. The number of carbonyl (C=O) groups is 1. The molecule has 0 saturated carbocycles. The lowest BCUT2D eigenvalue weighted by Crippen LogP contribution is -2.31. The summed E-state index contributed by atoms with van der Waals surface area (Å²) >= 11 is 0. The van der Waals surface area contributed by atoms with Gasteiger partial charge in [-0.25, -0.2) is 4.39 Å². The predicted octanol–water partition coefficient (Wildman–Crippen LogP) is 2.53. The van der Waals surface area contributed by atoms with E-state index >= 15 is 0 Å². The molecule has 0 bridgehead atoms. The van der Waals surface area contributed by atoms with Crippen LogP contribution in [0, 0.1) is 17.7 Å². The first-order chi connectivity index (χ1) is 12.9. The van der Waals surface area contributed by atoms with E-state index in [2.05, 4.69) is 18.9 Å². The highest BCUT2D eigenvalue weighted by Gasteiger charge is 2.29. The summed E-state index contributed by atoms with van der Waals surface area (Å²) in [6.45, 7) is 6.03. The molecule has 2 aromatic heterocycles. The van der Waals surface area contributed by atoms with Crippen LogP contribution in [0.15, 0.2) is 29.2 Å². The van der Waals surface area contributed by atoms with Crippen molar-refractivity contribution in [2.45, 2.75) is 26.8 Å². The molecule has 0 aliphatic carbocycles. The van der Waals surface area contributed by atoms with Crippen LogP contribution < -0.4 is 5.56 Å². The number of pyridine rings is 1. The largest absolute Gasteiger partial charge is 0.342 e. The Hall–Kier alpha value is -2.70. The van der Waals surface area contributed by atoms with Crippen LogP contribution in [0.4, 0.5) is 4.39 Å². The fraction of sp³-hybridized carbons (Fsp3) is 0.450. The lowest BCUT2D eigenvalue weighted by atomic mass is 10.0. The molecule has 1 aromatic carbocycles. The van der Waals surface area contributed by atoms with Crippen molar-refractivity contribution in [3.05, 3.63) is 40.6 Å². The summed E-state index contributed by atoms with van der Waals surface area (Å²) < 4.78 is 17.0. The van der Waals surface area contributed by atoms with E-state index in [0.717, 1.165) is 18.5 Å². The molecule has 6 nitrogen and oxygen atoms in total. The molecule has 3 heterocycles. The van der Waals surface area contributed by atoms with Crippen LogP contribution in [0.3, 0.4) is 0 Å². The Balaban J connectivity index is 1.72. The van der Waals surface area contributed by atoms with Crippen LogP contribution in [0.5, 0.6) is 0 Å². The average Bonchev–Trinajstić information content (AvgIpc) is 3.18. The third-order valence-corrected chi connectivity index (χ3v) is 5.81. The van der Waals surface area contributed by atoms with Gasteiger partial charge in [0.2, 0.25) is 5.91 Å². The summed E-state index contributed by atoms with van der Waals surface area (Å²) in [5.74, 6) is 0.594. The van der Waals surface area contributed by atoms with Crippen molar-refractivity contribution in [2.75, 3.05) is 13.1 Å². The standard InChI is InChI=1S/C20H23FN4O2/c1-12-10-24(11-13(12)2)18(26)6-7-25-17-8-14(21)4-5-15(17)19-16(20(25)27)9-22-23(19)3/h4-5,8-9,12-13H,6-7,10-11H2,1-3H3/t12-,13-/m1/s1. The van der Waals surface area contributed by atoms with Crippen molar-refractivity contribution in [1.29, 1.82) is 0 Å². The molecule has 7 heteroatoms. The number of fused-ring (bicyclic) bond motifs is 3. The number of likely N-dealkylation sites (tertiary alicyclic amines) is 1. The van der Waals surface area contributed by atoms with Crippen molar-refractivity contribution < 1.29 is 9.18 Å². The maximum absolute atomic E-state index is 13.9. The van der Waals surface area contributed by atoms with Crippen LogP contribution in [0.1, 0.15) is 20.3 Å². The summed E-state index contributed by atoms with van der Waals surface area (Å²) in [5.41, 5.74) is 0.930. The van der Waals surface area contributed by atoms with E-state index in [0.29, 0.717) is 28.3 Å². The number of hydrogen-bond donors (Lipinski definition) is 0. The second kappa shape index (κ2) is 6.48. The van der Waals surface area contributed by atoms with E-state index in [1.54, 1.807) is 17.8 Å². The molecular formula is C20H23FN4O2. The van der Waals surface area contributed by atoms with Gasteiger partial charge in [0.15, 0.2) is 0 Å². The van der Waals surface area contributed by atoms with Crippen molar-refractivity contribution in [3.63, 3.8) is 0 Å². The molecule has 142 valence electrons.